The molecule has 1 aromatic carbocycles. The van der Waals surface area contributed by atoms with Crippen LogP contribution in [-0.2, 0) is 11.2 Å². The van der Waals surface area contributed by atoms with E-state index in [4.69, 9.17) is 4.74 Å². The van der Waals surface area contributed by atoms with Crippen molar-refractivity contribution in [2.24, 2.45) is 0 Å². The zero-order valence-corrected chi connectivity index (χ0v) is 13.5. The molecule has 1 aromatic heterocycles. The Morgan fingerprint density at radius 3 is 2.96 bits per heavy atom. The van der Waals surface area contributed by atoms with Crippen molar-refractivity contribution in [3.05, 3.63) is 48.0 Å². The second kappa shape index (κ2) is 6.66. The number of carbonyl (C=O) groups excluding carboxylic acids is 2. The molecule has 0 bridgehead atoms. The number of likely N-dealkylation sites (N-methyl/N-ethyl adjacent to an activating group) is 1. The van der Waals surface area contributed by atoms with Crippen molar-refractivity contribution in [2.75, 3.05) is 18.5 Å². The summed E-state index contributed by atoms with van der Waals surface area (Å²) in [6.07, 6.45) is 4.58. The number of hydrogen-bond donors (Lipinski definition) is 1. The molecule has 1 atom stereocenters. The van der Waals surface area contributed by atoms with E-state index in [-0.39, 0.29) is 17.5 Å². The second-order valence-electron chi connectivity index (χ2n) is 5.56. The Morgan fingerprint density at radius 2 is 2.21 bits per heavy atom. The number of rotatable bonds is 4. The van der Waals surface area contributed by atoms with Gasteiger partial charge in [0.05, 0.1) is 11.9 Å². The Labute approximate surface area is 139 Å². The maximum atomic E-state index is 12.0. The highest BCUT2D eigenvalue weighted by molar-refractivity contribution is 5.99. The molecule has 0 saturated carbocycles. The Hall–Kier alpha value is -2.96. The van der Waals surface area contributed by atoms with Crippen LogP contribution >= 0.6 is 0 Å². The lowest BCUT2D eigenvalue weighted by molar-refractivity contribution is -0.125. The van der Waals surface area contributed by atoms with E-state index in [1.54, 1.807) is 18.9 Å². The van der Waals surface area contributed by atoms with Gasteiger partial charge in [-0.3, -0.25) is 14.6 Å². The highest BCUT2D eigenvalue weighted by atomic mass is 16.5. The van der Waals surface area contributed by atoms with Gasteiger partial charge in [0.2, 0.25) is 0 Å². The first-order chi connectivity index (χ1) is 11.6. The topological polar surface area (TPSA) is 84.4 Å². The van der Waals surface area contributed by atoms with Crippen LogP contribution in [-0.4, -0.2) is 41.5 Å². The maximum absolute atomic E-state index is 12.0. The number of nitrogens with one attached hydrogen (secondary N) is 1. The van der Waals surface area contributed by atoms with Crippen LogP contribution < -0.4 is 15.0 Å². The molecule has 7 heteroatoms. The van der Waals surface area contributed by atoms with Crippen LogP contribution in [0.2, 0.25) is 0 Å². The molecule has 3 rings (SSSR count). The van der Waals surface area contributed by atoms with E-state index in [9.17, 15) is 9.59 Å². The first-order valence-corrected chi connectivity index (χ1v) is 7.67. The molecule has 124 valence electrons. The van der Waals surface area contributed by atoms with Crippen molar-refractivity contribution >= 4 is 17.5 Å². The van der Waals surface area contributed by atoms with Gasteiger partial charge in [-0.15, -0.1) is 0 Å². The van der Waals surface area contributed by atoms with E-state index < -0.39 is 6.10 Å². The molecule has 0 radical (unpaired) electrons. The minimum absolute atomic E-state index is 0.0735. The second-order valence-corrected chi connectivity index (χ2v) is 5.56. The highest BCUT2D eigenvalue weighted by Crippen LogP contribution is 2.33. The van der Waals surface area contributed by atoms with Crippen molar-refractivity contribution in [1.29, 1.82) is 0 Å². The fourth-order valence-electron chi connectivity index (χ4n) is 2.54. The van der Waals surface area contributed by atoms with Gasteiger partial charge in [0, 0.05) is 26.0 Å². The summed E-state index contributed by atoms with van der Waals surface area (Å²) in [5.41, 5.74) is 2.04. The predicted octanol–water partition coefficient (Wildman–Crippen LogP) is 1.19. The van der Waals surface area contributed by atoms with Crippen molar-refractivity contribution in [3.8, 4) is 5.75 Å². The van der Waals surface area contributed by atoms with Gasteiger partial charge in [0.1, 0.15) is 11.4 Å². The smallest absolute Gasteiger partial charge is 0.271 e. The molecule has 1 aliphatic heterocycles. The summed E-state index contributed by atoms with van der Waals surface area (Å²) in [7, 11) is 1.74. The lowest BCUT2D eigenvalue weighted by Gasteiger charge is -2.30. The monoisotopic (exact) mass is 326 g/mol. The van der Waals surface area contributed by atoms with Crippen LogP contribution in [0.15, 0.2) is 36.8 Å². The number of fused-ring (bicyclic) bond motifs is 1. The van der Waals surface area contributed by atoms with Gasteiger partial charge in [-0.05, 0) is 31.0 Å². The standard InChI is InChI=1S/C17H18N4O3/c1-11-17(23)21(2)14-9-12(3-4-15(14)24-11)5-6-20-16(22)13-10-18-7-8-19-13/h3-4,7-11H,5-6H2,1-2H3,(H,20,22). The summed E-state index contributed by atoms with van der Waals surface area (Å²) in [5.74, 6) is 0.359. The zero-order chi connectivity index (χ0) is 17.1. The number of anilines is 1. The minimum Gasteiger partial charge on any atom is -0.479 e. The van der Waals surface area contributed by atoms with E-state index in [2.05, 4.69) is 15.3 Å². The van der Waals surface area contributed by atoms with Gasteiger partial charge >= 0.3 is 0 Å². The van der Waals surface area contributed by atoms with Gasteiger partial charge in [-0.2, -0.15) is 0 Å². The van der Waals surface area contributed by atoms with Crippen molar-refractivity contribution in [2.45, 2.75) is 19.4 Å². The van der Waals surface area contributed by atoms with Crippen LogP contribution in [0.1, 0.15) is 23.0 Å². The number of carbonyl (C=O) groups is 2. The van der Waals surface area contributed by atoms with Gasteiger partial charge in [-0.1, -0.05) is 6.07 Å². The van der Waals surface area contributed by atoms with Crippen LogP contribution in [0.3, 0.4) is 0 Å². The molecular weight excluding hydrogens is 308 g/mol. The molecule has 1 N–H and O–H groups in total. The molecule has 0 saturated heterocycles. The van der Waals surface area contributed by atoms with E-state index in [0.717, 1.165) is 11.3 Å². The summed E-state index contributed by atoms with van der Waals surface area (Å²) in [4.78, 5) is 33.3. The SMILES string of the molecule is CC1Oc2ccc(CCNC(=O)c3cnccn3)cc2N(C)C1=O. The Balaban J connectivity index is 1.63. The summed E-state index contributed by atoms with van der Waals surface area (Å²) >= 11 is 0. The van der Waals surface area contributed by atoms with E-state index >= 15 is 0 Å². The molecule has 1 aliphatic rings. The molecule has 2 heterocycles. The molecule has 7 nitrogen and oxygen atoms in total. The maximum Gasteiger partial charge on any atom is 0.271 e. The van der Waals surface area contributed by atoms with Crippen LogP contribution in [0.5, 0.6) is 5.75 Å². The molecule has 1 unspecified atom stereocenters. The number of aromatic nitrogens is 2. The first-order valence-electron chi connectivity index (χ1n) is 7.67. The molecule has 0 fully saturated rings. The van der Waals surface area contributed by atoms with Gasteiger partial charge in [0.15, 0.2) is 6.10 Å². The number of nitrogens with zero attached hydrogens (tertiary/aromatic N) is 3. The highest BCUT2D eigenvalue weighted by Gasteiger charge is 2.28. The molecule has 0 aliphatic carbocycles. The lowest BCUT2D eigenvalue weighted by atomic mass is 10.1. The molecule has 2 amide bonds. The Bertz CT molecular complexity index is 764. The van der Waals surface area contributed by atoms with E-state index in [0.29, 0.717) is 18.7 Å². The normalized spacial score (nSPS) is 16.3. The van der Waals surface area contributed by atoms with E-state index in [1.165, 1.54) is 18.6 Å². The summed E-state index contributed by atoms with van der Waals surface area (Å²) in [5, 5.41) is 2.80. The third-order valence-electron chi connectivity index (χ3n) is 3.86. The number of benzene rings is 1. The number of ether oxygens (including phenoxy) is 1. The number of amides is 2. The molecule has 24 heavy (non-hydrogen) atoms. The quantitative estimate of drug-likeness (QED) is 0.912. The zero-order valence-electron chi connectivity index (χ0n) is 13.5. The fraction of sp³-hybridized carbons (Fsp3) is 0.294. The van der Waals surface area contributed by atoms with Gasteiger partial charge in [0.25, 0.3) is 11.8 Å². The minimum atomic E-state index is -0.473. The van der Waals surface area contributed by atoms with Crippen LogP contribution in [0.25, 0.3) is 0 Å². The molecule has 0 spiro atoms. The largest absolute Gasteiger partial charge is 0.479 e. The number of hydrogen-bond acceptors (Lipinski definition) is 5. The third kappa shape index (κ3) is 3.19. The van der Waals surface area contributed by atoms with Gasteiger partial charge in [-0.25, -0.2) is 4.98 Å². The van der Waals surface area contributed by atoms with Crippen molar-refractivity contribution in [1.82, 2.24) is 15.3 Å². The fourth-order valence-corrected chi connectivity index (χ4v) is 2.54. The summed E-state index contributed by atoms with van der Waals surface area (Å²) in [6.45, 7) is 2.20. The van der Waals surface area contributed by atoms with Crippen LogP contribution in [0.4, 0.5) is 5.69 Å². The van der Waals surface area contributed by atoms with Crippen LogP contribution in [0, 0.1) is 0 Å². The first kappa shape index (κ1) is 15.9. The lowest BCUT2D eigenvalue weighted by Crippen LogP contribution is -2.42. The Morgan fingerprint density at radius 1 is 1.38 bits per heavy atom. The predicted molar refractivity (Wildman–Crippen MR) is 88.0 cm³/mol. The third-order valence-corrected chi connectivity index (χ3v) is 3.86. The van der Waals surface area contributed by atoms with Gasteiger partial charge < -0.3 is 15.0 Å². The average molecular weight is 326 g/mol. The average Bonchev–Trinajstić information content (AvgIpc) is 2.61. The van der Waals surface area contributed by atoms with Crippen molar-refractivity contribution in [3.63, 3.8) is 0 Å². The molecule has 2 aromatic rings. The Kier molecular flexibility index (Phi) is 4.41. The summed E-state index contributed by atoms with van der Waals surface area (Å²) < 4.78 is 5.59. The summed E-state index contributed by atoms with van der Waals surface area (Å²) in [6, 6.07) is 5.70. The van der Waals surface area contributed by atoms with Crippen molar-refractivity contribution < 1.29 is 14.3 Å². The molecular formula is C17H18N4O3. The van der Waals surface area contributed by atoms with E-state index in [1.807, 2.05) is 18.2 Å².